The first-order valence-corrected chi connectivity index (χ1v) is 4.99. The van der Waals surface area contributed by atoms with Crippen molar-refractivity contribution in [2.45, 2.75) is 6.04 Å². The monoisotopic (exact) mass is 217 g/mol. The molecule has 0 aliphatic carbocycles. The summed E-state index contributed by atoms with van der Waals surface area (Å²) in [7, 11) is 1.82. The topological polar surface area (TPSA) is 37.8 Å². The van der Waals surface area contributed by atoms with Gasteiger partial charge in [0.15, 0.2) is 0 Å². The molecule has 1 unspecified atom stereocenters. The number of aromatic nitrogens is 2. The normalized spacial score (nSPS) is 12.4. The second-order valence-corrected chi connectivity index (χ2v) is 3.44. The number of pyridine rings is 2. The van der Waals surface area contributed by atoms with Crippen LogP contribution in [0.2, 0.25) is 0 Å². The summed E-state index contributed by atoms with van der Waals surface area (Å²) in [6.07, 6.45) is 6.31. The molecule has 0 saturated carbocycles. The molecule has 16 heavy (non-hydrogen) atoms. The van der Waals surface area contributed by atoms with Crippen molar-refractivity contribution in [3.05, 3.63) is 59.9 Å². The summed E-state index contributed by atoms with van der Waals surface area (Å²) in [6, 6.07) is 5.18. The average Bonchev–Trinajstić information content (AvgIpc) is 2.31. The minimum absolute atomic E-state index is 0.0862. The Morgan fingerprint density at radius 1 is 1.19 bits per heavy atom. The predicted molar refractivity (Wildman–Crippen MR) is 59.3 cm³/mol. The highest BCUT2D eigenvalue weighted by atomic mass is 19.1. The van der Waals surface area contributed by atoms with Crippen molar-refractivity contribution in [2.24, 2.45) is 0 Å². The Balaban J connectivity index is 2.37. The largest absolute Gasteiger partial charge is 0.309 e. The molecule has 0 spiro atoms. The predicted octanol–water partition coefficient (Wildman–Crippen LogP) is 1.92. The number of nitrogens with one attached hydrogen (secondary N) is 1. The molecule has 0 amide bonds. The Labute approximate surface area is 93.4 Å². The first-order chi connectivity index (χ1) is 7.81. The highest BCUT2D eigenvalue weighted by molar-refractivity contribution is 5.27. The van der Waals surface area contributed by atoms with E-state index in [-0.39, 0.29) is 11.9 Å². The molecule has 1 atom stereocenters. The van der Waals surface area contributed by atoms with Crippen LogP contribution in [-0.2, 0) is 0 Å². The lowest BCUT2D eigenvalue weighted by Gasteiger charge is -2.16. The van der Waals surface area contributed by atoms with Gasteiger partial charge in [-0.1, -0.05) is 6.07 Å². The SMILES string of the molecule is CNC(c1cccnc1)c1cncc(F)c1. The number of nitrogens with zero attached hydrogens (tertiary/aromatic N) is 2. The van der Waals surface area contributed by atoms with Crippen LogP contribution in [0.1, 0.15) is 17.2 Å². The molecule has 1 N–H and O–H groups in total. The molecule has 2 aromatic rings. The Bertz CT molecular complexity index is 459. The van der Waals surface area contributed by atoms with Crippen LogP contribution in [0.25, 0.3) is 0 Å². The first-order valence-electron chi connectivity index (χ1n) is 4.99. The zero-order valence-electron chi connectivity index (χ0n) is 8.89. The van der Waals surface area contributed by atoms with E-state index in [1.807, 2.05) is 19.2 Å². The third-order valence-electron chi connectivity index (χ3n) is 2.37. The van der Waals surface area contributed by atoms with Crippen LogP contribution in [0.3, 0.4) is 0 Å². The maximum atomic E-state index is 13.1. The van der Waals surface area contributed by atoms with Gasteiger partial charge in [-0.15, -0.1) is 0 Å². The summed E-state index contributed by atoms with van der Waals surface area (Å²) in [6.45, 7) is 0. The number of rotatable bonds is 3. The molecule has 4 heteroatoms. The van der Waals surface area contributed by atoms with Gasteiger partial charge in [0.1, 0.15) is 5.82 Å². The molecule has 0 radical (unpaired) electrons. The van der Waals surface area contributed by atoms with E-state index in [1.165, 1.54) is 12.3 Å². The van der Waals surface area contributed by atoms with Crippen LogP contribution in [0.4, 0.5) is 4.39 Å². The molecular weight excluding hydrogens is 205 g/mol. The average molecular weight is 217 g/mol. The van der Waals surface area contributed by atoms with Crippen molar-refractivity contribution < 1.29 is 4.39 Å². The van der Waals surface area contributed by atoms with E-state index in [0.717, 1.165) is 11.1 Å². The fraction of sp³-hybridized carbons (Fsp3) is 0.167. The lowest BCUT2D eigenvalue weighted by Crippen LogP contribution is -2.18. The standard InChI is InChI=1S/C12H12FN3/c1-14-12(9-3-2-4-15-6-9)10-5-11(13)8-16-7-10/h2-8,12,14H,1H3. The van der Waals surface area contributed by atoms with Gasteiger partial charge in [0.05, 0.1) is 12.2 Å². The quantitative estimate of drug-likeness (QED) is 0.853. The van der Waals surface area contributed by atoms with Gasteiger partial charge in [-0.25, -0.2) is 4.39 Å². The van der Waals surface area contributed by atoms with Crippen LogP contribution < -0.4 is 5.32 Å². The molecule has 2 rings (SSSR count). The Hall–Kier alpha value is -1.81. The van der Waals surface area contributed by atoms with Crippen molar-refractivity contribution in [1.29, 1.82) is 0 Å². The zero-order chi connectivity index (χ0) is 11.4. The van der Waals surface area contributed by atoms with Gasteiger partial charge in [0, 0.05) is 18.6 Å². The third kappa shape index (κ3) is 2.23. The van der Waals surface area contributed by atoms with Crippen LogP contribution >= 0.6 is 0 Å². The third-order valence-corrected chi connectivity index (χ3v) is 2.37. The van der Waals surface area contributed by atoms with E-state index in [9.17, 15) is 4.39 Å². The summed E-state index contributed by atoms with van der Waals surface area (Å²) < 4.78 is 13.1. The Kier molecular flexibility index (Phi) is 3.22. The fourth-order valence-electron chi connectivity index (χ4n) is 1.66. The summed E-state index contributed by atoms with van der Waals surface area (Å²) >= 11 is 0. The molecular formula is C12H12FN3. The molecule has 0 aromatic carbocycles. The molecule has 0 saturated heterocycles. The summed E-state index contributed by atoms with van der Waals surface area (Å²) in [5.74, 6) is -0.332. The second kappa shape index (κ2) is 4.81. The fourth-order valence-corrected chi connectivity index (χ4v) is 1.66. The zero-order valence-corrected chi connectivity index (χ0v) is 8.89. The summed E-state index contributed by atoms with van der Waals surface area (Å²) in [4.78, 5) is 7.89. The van der Waals surface area contributed by atoms with Gasteiger partial charge in [-0.2, -0.15) is 0 Å². The molecule has 0 aliphatic heterocycles. The van der Waals surface area contributed by atoms with Crippen molar-refractivity contribution in [3.63, 3.8) is 0 Å². The van der Waals surface area contributed by atoms with Gasteiger partial charge in [0.25, 0.3) is 0 Å². The molecule has 0 fully saturated rings. The number of halogens is 1. The maximum absolute atomic E-state index is 13.1. The molecule has 2 aromatic heterocycles. The van der Waals surface area contributed by atoms with E-state index in [2.05, 4.69) is 15.3 Å². The highest BCUT2D eigenvalue weighted by Gasteiger charge is 2.12. The van der Waals surface area contributed by atoms with Gasteiger partial charge < -0.3 is 5.32 Å². The van der Waals surface area contributed by atoms with Crippen molar-refractivity contribution in [3.8, 4) is 0 Å². The molecule has 3 nitrogen and oxygen atoms in total. The van der Waals surface area contributed by atoms with E-state index in [0.29, 0.717) is 0 Å². The van der Waals surface area contributed by atoms with Crippen molar-refractivity contribution >= 4 is 0 Å². The summed E-state index contributed by atoms with van der Waals surface area (Å²) in [5.41, 5.74) is 1.77. The lowest BCUT2D eigenvalue weighted by atomic mass is 10.0. The van der Waals surface area contributed by atoms with Gasteiger partial charge in [-0.3, -0.25) is 9.97 Å². The lowest BCUT2D eigenvalue weighted by molar-refractivity contribution is 0.608. The van der Waals surface area contributed by atoms with E-state index in [4.69, 9.17) is 0 Å². The Morgan fingerprint density at radius 2 is 2.00 bits per heavy atom. The van der Waals surface area contributed by atoms with Gasteiger partial charge in [0.2, 0.25) is 0 Å². The van der Waals surface area contributed by atoms with E-state index < -0.39 is 0 Å². The maximum Gasteiger partial charge on any atom is 0.141 e. The number of hydrogen-bond donors (Lipinski definition) is 1. The number of hydrogen-bond acceptors (Lipinski definition) is 3. The Morgan fingerprint density at radius 3 is 2.62 bits per heavy atom. The van der Waals surface area contributed by atoms with E-state index in [1.54, 1.807) is 18.6 Å². The molecule has 0 aliphatic rings. The molecule has 0 bridgehead atoms. The second-order valence-electron chi connectivity index (χ2n) is 3.44. The van der Waals surface area contributed by atoms with Gasteiger partial charge in [-0.05, 0) is 30.3 Å². The molecule has 2 heterocycles. The van der Waals surface area contributed by atoms with Crippen LogP contribution in [-0.4, -0.2) is 17.0 Å². The minimum Gasteiger partial charge on any atom is -0.309 e. The van der Waals surface area contributed by atoms with Gasteiger partial charge >= 0.3 is 0 Å². The summed E-state index contributed by atoms with van der Waals surface area (Å²) in [5, 5.41) is 3.12. The highest BCUT2D eigenvalue weighted by Crippen LogP contribution is 2.20. The first kappa shape index (κ1) is 10.7. The molecule has 82 valence electrons. The van der Waals surface area contributed by atoms with Crippen molar-refractivity contribution in [1.82, 2.24) is 15.3 Å². The van der Waals surface area contributed by atoms with Crippen LogP contribution in [0, 0.1) is 5.82 Å². The minimum atomic E-state index is -0.332. The van der Waals surface area contributed by atoms with E-state index >= 15 is 0 Å². The van der Waals surface area contributed by atoms with Crippen LogP contribution in [0.15, 0.2) is 43.0 Å². The smallest absolute Gasteiger partial charge is 0.141 e. The van der Waals surface area contributed by atoms with Crippen molar-refractivity contribution in [2.75, 3.05) is 7.05 Å². The van der Waals surface area contributed by atoms with Crippen LogP contribution in [0.5, 0.6) is 0 Å².